The molecule has 0 spiro atoms. The van der Waals surface area contributed by atoms with Crippen molar-refractivity contribution in [3.63, 3.8) is 0 Å². The van der Waals surface area contributed by atoms with Crippen molar-refractivity contribution >= 4 is 5.78 Å². The summed E-state index contributed by atoms with van der Waals surface area (Å²) in [4.78, 5) is 12.2. The van der Waals surface area contributed by atoms with E-state index in [1.807, 2.05) is 0 Å². The minimum absolute atomic E-state index is 0.331. The summed E-state index contributed by atoms with van der Waals surface area (Å²) in [5.74, 6) is 1.44. The molecule has 1 aliphatic heterocycles. The molecule has 0 unspecified atom stereocenters. The first-order valence-electron chi connectivity index (χ1n) is 6.88. The SMILES string of the molecule is CCCC(CCC)C(=O)CC1CCOCC1. The molecule has 1 fully saturated rings. The summed E-state index contributed by atoms with van der Waals surface area (Å²) >= 11 is 0. The van der Waals surface area contributed by atoms with Gasteiger partial charge < -0.3 is 4.74 Å². The lowest BCUT2D eigenvalue weighted by molar-refractivity contribution is -0.124. The zero-order valence-corrected chi connectivity index (χ0v) is 10.8. The summed E-state index contributed by atoms with van der Waals surface area (Å²) in [5.41, 5.74) is 0. The summed E-state index contributed by atoms with van der Waals surface area (Å²) in [6.07, 6.45) is 7.38. The second kappa shape index (κ2) is 7.83. The van der Waals surface area contributed by atoms with E-state index in [9.17, 15) is 4.79 Å². The summed E-state index contributed by atoms with van der Waals surface area (Å²) in [5, 5.41) is 0. The van der Waals surface area contributed by atoms with Crippen LogP contribution in [0.3, 0.4) is 0 Å². The second-order valence-corrected chi connectivity index (χ2v) is 5.00. The van der Waals surface area contributed by atoms with Crippen molar-refractivity contribution in [1.82, 2.24) is 0 Å². The molecule has 0 amide bonds. The fourth-order valence-electron chi connectivity index (χ4n) is 2.56. The second-order valence-electron chi connectivity index (χ2n) is 5.00. The summed E-state index contributed by atoms with van der Waals surface area (Å²) in [6, 6.07) is 0. The molecule has 0 atom stereocenters. The Morgan fingerprint density at radius 3 is 2.25 bits per heavy atom. The van der Waals surface area contributed by atoms with Crippen molar-refractivity contribution in [3.8, 4) is 0 Å². The fourth-order valence-corrected chi connectivity index (χ4v) is 2.56. The van der Waals surface area contributed by atoms with Gasteiger partial charge in [-0.05, 0) is 31.6 Å². The molecular formula is C14H26O2. The van der Waals surface area contributed by atoms with Gasteiger partial charge in [-0.1, -0.05) is 26.7 Å². The zero-order valence-electron chi connectivity index (χ0n) is 10.8. The molecule has 0 aromatic carbocycles. The highest BCUT2D eigenvalue weighted by atomic mass is 16.5. The molecule has 2 heteroatoms. The predicted octanol–water partition coefficient (Wildman–Crippen LogP) is 3.59. The maximum Gasteiger partial charge on any atom is 0.136 e. The van der Waals surface area contributed by atoms with Gasteiger partial charge in [-0.2, -0.15) is 0 Å². The van der Waals surface area contributed by atoms with Crippen LogP contribution < -0.4 is 0 Å². The molecule has 0 radical (unpaired) electrons. The molecule has 0 saturated carbocycles. The van der Waals surface area contributed by atoms with Crippen molar-refractivity contribution in [2.24, 2.45) is 11.8 Å². The van der Waals surface area contributed by atoms with E-state index in [1.165, 1.54) is 0 Å². The molecule has 1 aliphatic rings. The van der Waals surface area contributed by atoms with E-state index < -0.39 is 0 Å². The van der Waals surface area contributed by atoms with Gasteiger partial charge in [0.2, 0.25) is 0 Å². The standard InChI is InChI=1S/C14H26O2/c1-3-5-13(6-4-2)14(15)11-12-7-9-16-10-8-12/h12-13H,3-11H2,1-2H3. The van der Waals surface area contributed by atoms with Crippen LogP contribution in [0.2, 0.25) is 0 Å². The summed E-state index contributed by atoms with van der Waals surface area (Å²) in [7, 11) is 0. The van der Waals surface area contributed by atoms with Gasteiger partial charge in [0.15, 0.2) is 0 Å². The summed E-state index contributed by atoms with van der Waals surface area (Å²) in [6.45, 7) is 6.04. The highest BCUT2D eigenvalue weighted by Gasteiger charge is 2.22. The van der Waals surface area contributed by atoms with E-state index in [0.29, 0.717) is 17.6 Å². The van der Waals surface area contributed by atoms with Gasteiger partial charge in [0.25, 0.3) is 0 Å². The fraction of sp³-hybridized carbons (Fsp3) is 0.929. The van der Waals surface area contributed by atoms with Gasteiger partial charge >= 0.3 is 0 Å². The lowest BCUT2D eigenvalue weighted by Crippen LogP contribution is -2.22. The monoisotopic (exact) mass is 226 g/mol. The lowest BCUT2D eigenvalue weighted by atomic mass is 9.86. The molecule has 94 valence electrons. The first-order valence-corrected chi connectivity index (χ1v) is 6.88. The van der Waals surface area contributed by atoms with Gasteiger partial charge in [-0.25, -0.2) is 0 Å². The van der Waals surface area contributed by atoms with E-state index in [1.54, 1.807) is 0 Å². The Bertz CT molecular complexity index is 189. The molecule has 0 aliphatic carbocycles. The number of carbonyl (C=O) groups is 1. The Balaban J connectivity index is 2.34. The largest absolute Gasteiger partial charge is 0.381 e. The number of Topliss-reactive ketones (excluding diaryl/α,β-unsaturated/α-hetero) is 1. The van der Waals surface area contributed by atoms with Gasteiger partial charge in [-0.3, -0.25) is 4.79 Å². The quantitative estimate of drug-likeness (QED) is 0.663. The first kappa shape index (κ1) is 13.7. The lowest BCUT2D eigenvalue weighted by Gasteiger charge is -2.23. The Kier molecular flexibility index (Phi) is 6.70. The highest BCUT2D eigenvalue weighted by molar-refractivity contribution is 5.81. The first-order chi connectivity index (χ1) is 7.77. The molecule has 0 aromatic rings. The molecule has 0 N–H and O–H groups in total. The Morgan fingerprint density at radius 2 is 1.75 bits per heavy atom. The zero-order chi connectivity index (χ0) is 11.8. The van der Waals surface area contributed by atoms with Crippen LogP contribution >= 0.6 is 0 Å². The maximum atomic E-state index is 12.2. The Hall–Kier alpha value is -0.370. The smallest absolute Gasteiger partial charge is 0.136 e. The molecule has 2 nitrogen and oxygen atoms in total. The van der Waals surface area contributed by atoms with Gasteiger partial charge in [0.05, 0.1) is 0 Å². The van der Waals surface area contributed by atoms with E-state index >= 15 is 0 Å². The average molecular weight is 226 g/mol. The van der Waals surface area contributed by atoms with E-state index in [-0.39, 0.29) is 0 Å². The van der Waals surface area contributed by atoms with Gasteiger partial charge in [0.1, 0.15) is 5.78 Å². The number of hydrogen-bond acceptors (Lipinski definition) is 2. The maximum absolute atomic E-state index is 12.2. The number of ketones is 1. The van der Waals surface area contributed by atoms with Crippen LogP contribution in [0.5, 0.6) is 0 Å². The van der Waals surface area contributed by atoms with Crippen LogP contribution in [-0.4, -0.2) is 19.0 Å². The molecule has 0 bridgehead atoms. The van der Waals surface area contributed by atoms with Crippen LogP contribution in [0, 0.1) is 11.8 Å². The van der Waals surface area contributed by atoms with Crippen molar-refractivity contribution in [3.05, 3.63) is 0 Å². The molecular weight excluding hydrogens is 200 g/mol. The third kappa shape index (κ3) is 4.65. The van der Waals surface area contributed by atoms with Gasteiger partial charge in [-0.15, -0.1) is 0 Å². The van der Waals surface area contributed by atoms with Crippen molar-refractivity contribution < 1.29 is 9.53 Å². The van der Waals surface area contributed by atoms with E-state index in [4.69, 9.17) is 4.74 Å². The number of carbonyl (C=O) groups excluding carboxylic acids is 1. The molecule has 1 rings (SSSR count). The molecule has 16 heavy (non-hydrogen) atoms. The molecule has 1 saturated heterocycles. The molecule has 1 heterocycles. The number of ether oxygens (including phenoxy) is 1. The van der Waals surface area contributed by atoms with Crippen LogP contribution in [0.1, 0.15) is 58.8 Å². The summed E-state index contributed by atoms with van der Waals surface area (Å²) < 4.78 is 5.33. The van der Waals surface area contributed by atoms with Crippen molar-refractivity contribution in [1.29, 1.82) is 0 Å². The van der Waals surface area contributed by atoms with Crippen molar-refractivity contribution in [2.45, 2.75) is 58.8 Å². The third-order valence-electron chi connectivity index (χ3n) is 3.56. The number of rotatable bonds is 7. The average Bonchev–Trinajstić information content (AvgIpc) is 2.30. The van der Waals surface area contributed by atoms with Crippen LogP contribution in [-0.2, 0) is 9.53 Å². The van der Waals surface area contributed by atoms with Crippen LogP contribution in [0.4, 0.5) is 0 Å². The Labute approximate surface area is 99.8 Å². The Morgan fingerprint density at radius 1 is 1.19 bits per heavy atom. The highest BCUT2D eigenvalue weighted by Crippen LogP contribution is 2.24. The van der Waals surface area contributed by atoms with E-state index in [2.05, 4.69) is 13.8 Å². The normalized spacial score (nSPS) is 17.9. The van der Waals surface area contributed by atoms with Crippen LogP contribution in [0.15, 0.2) is 0 Å². The third-order valence-corrected chi connectivity index (χ3v) is 3.56. The molecule has 0 aromatic heterocycles. The predicted molar refractivity (Wildman–Crippen MR) is 66.5 cm³/mol. The minimum Gasteiger partial charge on any atom is -0.381 e. The van der Waals surface area contributed by atoms with Gasteiger partial charge in [0, 0.05) is 25.6 Å². The number of hydrogen-bond donors (Lipinski definition) is 0. The van der Waals surface area contributed by atoms with Crippen molar-refractivity contribution in [2.75, 3.05) is 13.2 Å². The van der Waals surface area contributed by atoms with Crippen LogP contribution in [0.25, 0.3) is 0 Å². The topological polar surface area (TPSA) is 26.3 Å². The van der Waals surface area contributed by atoms with E-state index in [0.717, 1.165) is 58.2 Å². The minimum atomic E-state index is 0.331.